The van der Waals surface area contributed by atoms with Gasteiger partial charge in [0.15, 0.2) is 5.11 Å². The fourth-order valence-corrected chi connectivity index (χ4v) is 2.61. The van der Waals surface area contributed by atoms with Crippen LogP contribution in [-0.4, -0.2) is 48.2 Å². The van der Waals surface area contributed by atoms with E-state index in [1.807, 2.05) is 12.1 Å². The molecular weight excluding hydrogens is 258 g/mol. The Morgan fingerprint density at radius 3 is 2.26 bits per heavy atom. The number of benzene rings is 1. The first-order valence-corrected chi connectivity index (χ1v) is 6.95. The molecule has 1 atom stereocenters. The van der Waals surface area contributed by atoms with Crippen molar-refractivity contribution < 1.29 is 4.74 Å². The van der Waals surface area contributed by atoms with Crippen molar-refractivity contribution in [1.29, 1.82) is 0 Å². The minimum absolute atomic E-state index is 0.402. The molecule has 0 amide bonds. The average molecular weight is 279 g/mol. The lowest BCUT2D eigenvalue weighted by molar-refractivity contribution is 0.141. The van der Waals surface area contributed by atoms with Crippen molar-refractivity contribution in [3.8, 4) is 5.75 Å². The second-order valence-corrected chi connectivity index (χ2v) is 5.23. The van der Waals surface area contributed by atoms with E-state index >= 15 is 0 Å². The van der Waals surface area contributed by atoms with Gasteiger partial charge in [0, 0.05) is 32.2 Å². The molecule has 0 aliphatic carbocycles. The number of nitrogens with two attached hydrogens (primary N) is 1. The van der Waals surface area contributed by atoms with Crippen molar-refractivity contribution in [2.24, 2.45) is 5.73 Å². The largest absolute Gasteiger partial charge is 0.497 e. The van der Waals surface area contributed by atoms with Gasteiger partial charge in [-0.05, 0) is 36.8 Å². The minimum atomic E-state index is 0.402. The van der Waals surface area contributed by atoms with E-state index in [0.717, 1.165) is 31.9 Å². The van der Waals surface area contributed by atoms with Gasteiger partial charge in [0.25, 0.3) is 0 Å². The summed E-state index contributed by atoms with van der Waals surface area (Å²) in [6, 6.07) is 8.68. The predicted octanol–water partition coefficient (Wildman–Crippen LogP) is 1.62. The summed E-state index contributed by atoms with van der Waals surface area (Å²) in [6.07, 6.45) is 0. The number of thiocarbonyl (C=S) groups is 1. The van der Waals surface area contributed by atoms with Crippen LogP contribution in [-0.2, 0) is 0 Å². The lowest BCUT2D eigenvalue weighted by Gasteiger charge is -2.38. The fourth-order valence-electron chi connectivity index (χ4n) is 2.42. The molecule has 1 saturated heterocycles. The molecule has 5 heteroatoms. The summed E-state index contributed by atoms with van der Waals surface area (Å²) in [5.74, 6) is 0.897. The first-order valence-electron chi connectivity index (χ1n) is 6.54. The molecule has 0 bridgehead atoms. The highest BCUT2D eigenvalue weighted by molar-refractivity contribution is 7.80. The van der Waals surface area contributed by atoms with Gasteiger partial charge in [-0.3, -0.25) is 4.90 Å². The Hall–Kier alpha value is -1.33. The van der Waals surface area contributed by atoms with Crippen LogP contribution in [0, 0.1) is 0 Å². The first kappa shape index (κ1) is 14.1. The summed E-state index contributed by atoms with van der Waals surface area (Å²) in [7, 11) is 1.69. The second kappa shape index (κ2) is 6.21. The van der Waals surface area contributed by atoms with Gasteiger partial charge in [0.05, 0.1) is 7.11 Å². The van der Waals surface area contributed by atoms with Crippen LogP contribution in [0.2, 0.25) is 0 Å². The Bertz CT molecular complexity index is 427. The monoisotopic (exact) mass is 279 g/mol. The van der Waals surface area contributed by atoms with Crippen LogP contribution in [0.1, 0.15) is 18.5 Å². The molecule has 19 heavy (non-hydrogen) atoms. The van der Waals surface area contributed by atoms with Gasteiger partial charge >= 0.3 is 0 Å². The third-order valence-electron chi connectivity index (χ3n) is 3.77. The normalized spacial score (nSPS) is 18.1. The fraction of sp³-hybridized carbons (Fsp3) is 0.500. The van der Waals surface area contributed by atoms with Gasteiger partial charge in [-0.25, -0.2) is 0 Å². The number of methoxy groups -OCH3 is 1. The molecule has 2 N–H and O–H groups in total. The van der Waals surface area contributed by atoms with Crippen LogP contribution in [0.3, 0.4) is 0 Å². The number of ether oxygens (including phenoxy) is 1. The molecule has 1 fully saturated rings. The summed E-state index contributed by atoms with van der Waals surface area (Å²) < 4.78 is 5.19. The summed E-state index contributed by atoms with van der Waals surface area (Å²) in [5, 5.41) is 0.511. The molecule has 0 radical (unpaired) electrons. The van der Waals surface area contributed by atoms with E-state index < -0.39 is 0 Å². The Morgan fingerprint density at radius 2 is 1.79 bits per heavy atom. The minimum Gasteiger partial charge on any atom is -0.497 e. The summed E-state index contributed by atoms with van der Waals surface area (Å²) >= 11 is 5.01. The number of rotatable bonds is 3. The van der Waals surface area contributed by atoms with Gasteiger partial charge < -0.3 is 15.4 Å². The number of piperazine rings is 1. The number of nitrogens with zero attached hydrogens (tertiary/aromatic N) is 2. The molecule has 0 spiro atoms. The van der Waals surface area contributed by atoms with Crippen molar-refractivity contribution in [3.63, 3.8) is 0 Å². The van der Waals surface area contributed by atoms with Gasteiger partial charge in [-0.2, -0.15) is 0 Å². The molecular formula is C14H21N3OS. The highest BCUT2D eigenvalue weighted by Gasteiger charge is 2.22. The van der Waals surface area contributed by atoms with Crippen LogP contribution in [0.5, 0.6) is 5.75 Å². The van der Waals surface area contributed by atoms with E-state index in [0.29, 0.717) is 11.2 Å². The summed E-state index contributed by atoms with van der Waals surface area (Å²) in [6.45, 7) is 6.04. The van der Waals surface area contributed by atoms with Crippen LogP contribution in [0.15, 0.2) is 24.3 Å². The van der Waals surface area contributed by atoms with Gasteiger partial charge in [-0.1, -0.05) is 12.1 Å². The zero-order valence-electron chi connectivity index (χ0n) is 11.5. The van der Waals surface area contributed by atoms with Crippen LogP contribution in [0.4, 0.5) is 0 Å². The molecule has 4 nitrogen and oxygen atoms in total. The van der Waals surface area contributed by atoms with Gasteiger partial charge in [0.1, 0.15) is 5.75 Å². The highest BCUT2D eigenvalue weighted by Crippen LogP contribution is 2.23. The zero-order chi connectivity index (χ0) is 13.8. The zero-order valence-corrected chi connectivity index (χ0v) is 12.3. The van der Waals surface area contributed by atoms with Crippen molar-refractivity contribution in [1.82, 2.24) is 9.80 Å². The van der Waals surface area contributed by atoms with Crippen molar-refractivity contribution in [2.75, 3.05) is 33.3 Å². The summed E-state index contributed by atoms with van der Waals surface area (Å²) in [4.78, 5) is 4.52. The number of hydrogen-bond acceptors (Lipinski definition) is 3. The van der Waals surface area contributed by atoms with Crippen molar-refractivity contribution in [2.45, 2.75) is 13.0 Å². The van der Waals surface area contributed by atoms with Crippen LogP contribution in [0.25, 0.3) is 0 Å². The standard InChI is InChI=1S/C14H21N3OS/c1-11(12-3-5-13(18-2)6-4-12)16-7-9-17(10-8-16)14(15)19/h3-6,11H,7-10H2,1-2H3,(H2,15,19)/t11-/m1/s1. The number of hydrogen-bond donors (Lipinski definition) is 1. The van der Waals surface area contributed by atoms with Gasteiger partial charge in [-0.15, -0.1) is 0 Å². The first-order chi connectivity index (χ1) is 9.11. The Kier molecular flexibility index (Phi) is 4.61. The van der Waals surface area contributed by atoms with E-state index in [1.54, 1.807) is 7.11 Å². The Labute approximate surface area is 120 Å². The average Bonchev–Trinajstić information content (AvgIpc) is 2.46. The highest BCUT2D eigenvalue weighted by atomic mass is 32.1. The van der Waals surface area contributed by atoms with Crippen LogP contribution < -0.4 is 10.5 Å². The van der Waals surface area contributed by atoms with Crippen LogP contribution >= 0.6 is 12.2 Å². The Morgan fingerprint density at radius 1 is 1.21 bits per heavy atom. The maximum atomic E-state index is 5.66. The molecule has 1 aromatic carbocycles. The molecule has 1 aromatic rings. The lowest BCUT2D eigenvalue weighted by atomic mass is 10.1. The third kappa shape index (κ3) is 3.36. The molecule has 1 heterocycles. The van der Waals surface area contributed by atoms with Gasteiger partial charge in [0.2, 0.25) is 0 Å². The molecule has 0 aromatic heterocycles. The quantitative estimate of drug-likeness (QED) is 0.852. The van der Waals surface area contributed by atoms with E-state index in [2.05, 4.69) is 28.9 Å². The maximum absolute atomic E-state index is 5.66. The smallest absolute Gasteiger partial charge is 0.166 e. The van der Waals surface area contributed by atoms with Crippen molar-refractivity contribution in [3.05, 3.63) is 29.8 Å². The maximum Gasteiger partial charge on any atom is 0.166 e. The molecule has 0 saturated carbocycles. The topological polar surface area (TPSA) is 41.7 Å². The molecule has 1 aliphatic heterocycles. The molecule has 1 aliphatic rings. The van der Waals surface area contributed by atoms with Crippen molar-refractivity contribution >= 4 is 17.3 Å². The predicted molar refractivity (Wildman–Crippen MR) is 81.3 cm³/mol. The lowest BCUT2D eigenvalue weighted by Crippen LogP contribution is -2.50. The Balaban J connectivity index is 1.96. The summed E-state index contributed by atoms with van der Waals surface area (Å²) in [5.41, 5.74) is 6.97. The van der Waals surface area contributed by atoms with E-state index in [4.69, 9.17) is 22.7 Å². The SMILES string of the molecule is COc1ccc([C@@H](C)N2CCN(C(N)=S)CC2)cc1. The molecule has 0 unspecified atom stereocenters. The van der Waals surface area contributed by atoms with E-state index in [9.17, 15) is 0 Å². The third-order valence-corrected chi connectivity index (χ3v) is 4.03. The molecule has 104 valence electrons. The second-order valence-electron chi connectivity index (χ2n) is 4.81. The van der Waals surface area contributed by atoms with E-state index in [-0.39, 0.29) is 0 Å². The molecule has 2 rings (SSSR count). The van der Waals surface area contributed by atoms with E-state index in [1.165, 1.54) is 5.56 Å².